The van der Waals surface area contributed by atoms with Crippen LogP contribution in [0.2, 0.25) is 5.02 Å². The Morgan fingerprint density at radius 1 is 1.38 bits per heavy atom. The van der Waals surface area contributed by atoms with Crippen LogP contribution in [-0.4, -0.2) is 17.3 Å². The van der Waals surface area contributed by atoms with Crippen LogP contribution in [0.15, 0.2) is 36.4 Å². The molecule has 2 fully saturated rings. The lowest BCUT2D eigenvalue weighted by Crippen LogP contribution is -2.40. The molecule has 0 spiro atoms. The van der Waals surface area contributed by atoms with Gasteiger partial charge in [-0.2, -0.15) is 0 Å². The second-order valence-corrected chi connectivity index (χ2v) is 7.17. The summed E-state index contributed by atoms with van der Waals surface area (Å²) in [6.45, 7) is 11.4. The predicted octanol–water partition coefficient (Wildman–Crippen LogP) is 4.76. The summed E-state index contributed by atoms with van der Waals surface area (Å²) in [7, 11) is 0. The molecule has 0 aromatic heterocycles. The van der Waals surface area contributed by atoms with Crippen molar-refractivity contribution < 1.29 is 9.47 Å². The monoisotopic (exact) mass is 306 g/mol. The van der Waals surface area contributed by atoms with Crippen LogP contribution in [0.3, 0.4) is 0 Å². The Kier molecular flexibility index (Phi) is 3.67. The first-order chi connectivity index (χ1) is 9.89. The minimum atomic E-state index is -0.247. The molecule has 0 aliphatic carbocycles. The van der Waals surface area contributed by atoms with Gasteiger partial charge in [0.15, 0.2) is 0 Å². The summed E-state index contributed by atoms with van der Waals surface area (Å²) < 4.78 is 12.6. The van der Waals surface area contributed by atoms with E-state index in [4.69, 9.17) is 21.1 Å². The minimum Gasteiger partial charge on any atom is -0.366 e. The van der Waals surface area contributed by atoms with Crippen LogP contribution in [0.25, 0.3) is 0 Å². The molecule has 2 aliphatic heterocycles. The van der Waals surface area contributed by atoms with E-state index in [0.29, 0.717) is 12.5 Å². The van der Waals surface area contributed by atoms with E-state index in [1.54, 1.807) is 0 Å². The predicted molar refractivity (Wildman–Crippen MR) is 85.5 cm³/mol. The molecule has 1 aromatic rings. The molecule has 2 heterocycles. The van der Waals surface area contributed by atoms with Crippen molar-refractivity contribution in [2.45, 2.75) is 57.5 Å². The first-order valence-electron chi connectivity index (χ1n) is 7.63. The molecule has 2 aliphatic rings. The number of benzene rings is 1. The highest BCUT2D eigenvalue weighted by Gasteiger charge is 2.63. The van der Waals surface area contributed by atoms with Gasteiger partial charge in [-0.3, -0.25) is 0 Å². The molecule has 114 valence electrons. The van der Waals surface area contributed by atoms with Crippen molar-refractivity contribution in [3.05, 3.63) is 47.0 Å². The second-order valence-electron chi connectivity index (χ2n) is 6.77. The van der Waals surface area contributed by atoms with E-state index in [1.165, 1.54) is 0 Å². The van der Waals surface area contributed by atoms with Crippen molar-refractivity contribution in [1.29, 1.82) is 0 Å². The van der Waals surface area contributed by atoms with Gasteiger partial charge >= 0.3 is 0 Å². The lowest BCUT2D eigenvalue weighted by Gasteiger charge is -2.34. The minimum absolute atomic E-state index is 0.0510. The Labute approximate surface area is 132 Å². The first kappa shape index (κ1) is 15.1. The molecule has 21 heavy (non-hydrogen) atoms. The molecule has 1 aromatic carbocycles. The fourth-order valence-corrected chi connectivity index (χ4v) is 3.99. The summed E-state index contributed by atoms with van der Waals surface area (Å²) in [6, 6.07) is 7.80. The molecule has 3 rings (SSSR count). The number of rotatable bonds is 4. The van der Waals surface area contributed by atoms with Crippen LogP contribution in [-0.2, 0) is 16.1 Å². The van der Waals surface area contributed by atoms with Gasteiger partial charge in [-0.05, 0) is 42.9 Å². The van der Waals surface area contributed by atoms with Crippen molar-refractivity contribution in [3.63, 3.8) is 0 Å². The molecule has 0 saturated carbocycles. The molecule has 0 N–H and O–H groups in total. The Balaban J connectivity index is 1.78. The molecule has 0 radical (unpaired) electrons. The van der Waals surface area contributed by atoms with E-state index in [9.17, 15) is 0 Å². The molecule has 2 saturated heterocycles. The molecule has 2 bridgehead atoms. The summed E-state index contributed by atoms with van der Waals surface area (Å²) in [5.74, 6) is 0.417. The molecular weight excluding hydrogens is 284 g/mol. The summed E-state index contributed by atoms with van der Waals surface area (Å²) in [5.41, 5.74) is 1.65. The Morgan fingerprint density at radius 3 is 2.71 bits per heavy atom. The zero-order chi connectivity index (χ0) is 15.3. The number of ether oxygens (including phenoxy) is 2. The maximum Gasteiger partial charge on any atom is 0.110 e. The third-order valence-electron chi connectivity index (χ3n) is 5.12. The molecular formula is C18H23ClO2. The van der Waals surface area contributed by atoms with Gasteiger partial charge in [0.2, 0.25) is 0 Å². The summed E-state index contributed by atoms with van der Waals surface area (Å²) in [6.07, 6.45) is 2.02. The highest BCUT2D eigenvalue weighted by Crippen LogP contribution is 2.57. The van der Waals surface area contributed by atoms with Crippen LogP contribution in [0.5, 0.6) is 0 Å². The summed E-state index contributed by atoms with van der Waals surface area (Å²) in [5, 5.41) is 0.746. The van der Waals surface area contributed by atoms with Gasteiger partial charge in [-0.15, -0.1) is 0 Å². The van der Waals surface area contributed by atoms with Gasteiger partial charge in [-0.1, -0.05) is 50.2 Å². The van der Waals surface area contributed by atoms with E-state index >= 15 is 0 Å². The molecule has 2 nitrogen and oxygen atoms in total. The third-order valence-corrected chi connectivity index (χ3v) is 5.49. The van der Waals surface area contributed by atoms with E-state index < -0.39 is 0 Å². The topological polar surface area (TPSA) is 18.5 Å². The number of hydrogen-bond acceptors (Lipinski definition) is 2. The Morgan fingerprint density at radius 2 is 2.10 bits per heavy atom. The number of hydrogen-bond donors (Lipinski definition) is 0. The fraction of sp³-hybridized carbons (Fsp3) is 0.556. The lowest BCUT2D eigenvalue weighted by atomic mass is 9.72. The van der Waals surface area contributed by atoms with E-state index in [1.807, 2.05) is 24.3 Å². The van der Waals surface area contributed by atoms with Crippen molar-refractivity contribution in [3.8, 4) is 0 Å². The standard InChI is InChI=1S/C18H23ClO2/c1-12(2)18-10-9-17(4,21-18)16(13(18)3)20-11-14-7-5-6-8-15(14)19/h5-8,12,16H,3,9-11H2,1-2,4H3/t16-,17+,18+/m1/s1. The van der Waals surface area contributed by atoms with Crippen molar-refractivity contribution in [2.24, 2.45) is 5.92 Å². The fourth-order valence-electron chi connectivity index (χ4n) is 3.80. The highest BCUT2D eigenvalue weighted by molar-refractivity contribution is 6.31. The first-order valence-corrected chi connectivity index (χ1v) is 8.01. The van der Waals surface area contributed by atoms with E-state index in [2.05, 4.69) is 27.4 Å². The number of halogens is 1. The maximum atomic E-state index is 6.39. The van der Waals surface area contributed by atoms with Crippen molar-refractivity contribution in [2.75, 3.05) is 0 Å². The Hall–Kier alpha value is -0.830. The molecule has 3 heteroatoms. The van der Waals surface area contributed by atoms with Crippen LogP contribution in [0, 0.1) is 5.92 Å². The lowest BCUT2D eigenvalue weighted by molar-refractivity contribution is -0.0959. The average Bonchev–Trinajstić information content (AvgIpc) is 2.90. The molecule has 0 unspecified atom stereocenters. The quantitative estimate of drug-likeness (QED) is 0.747. The van der Waals surface area contributed by atoms with E-state index in [-0.39, 0.29) is 17.3 Å². The van der Waals surface area contributed by atoms with Gasteiger partial charge in [0.1, 0.15) is 6.10 Å². The summed E-state index contributed by atoms with van der Waals surface area (Å²) >= 11 is 6.20. The van der Waals surface area contributed by atoms with Crippen LogP contribution in [0.1, 0.15) is 39.2 Å². The normalized spacial score (nSPS) is 34.9. The van der Waals surface area contributed by atoms with E-state index in [0.717, 1.165) is 29.0 Å². The highest BCUT2D eigenvalue weighted by atomic mass is 35.5. The van der Waals surface area contributed by atoms with Crippen molar-refractivity contribution in [1.82, 2.24) is 0 Å². The van der Waals surface area contributed by atoms with Gasteiger partial charge in [-0.25, -0.2) is 0 Å². The molecule has 0 amide bonds. The third kappa shape index (κ3) is 2.25. The largest absolute Gasteiger partial charge is 0.366 e. The van der Waals surface area contributed by atoms with Gasteiger partial charge in [0.05, 0.1) is 17.8 Å². The van der Waals surface area contributed by atoms with Crippen LogP contribution >= 0.6 is 11.6 Å². The second kappa shape index (κ2) is 5.12. The molecule has 3 atom stereocenters. The zero-order valence-electron chi connectivity index (χ0n) is 13.0. The zero-order valence-corrected chi connectivity index (χ0v) is 13.7. The van der Waals surface area contributed by atoms with Gasteiger partial charge < -0.3 is 9.47 Å². The van der Waals surface area contributed by atoms with Gasteiger partial charge in [0.25, 0.3) is 0 Å². The smallest absolute Gasteiger partial charge is 0.110 e. The SMILES string of the molecule is C=C1[C@@H](OCc2ccccc2Cl)[C@]2(C)CC[C@@]1(C(C)C)O2. The maximum absolute atomic E-state index is 6.39. The number of fused-ring (bicyclic) bond motifs is 2. The van der Waals surface area contributed by atoms with Crippen molar-refractivity contribution >= 4 is 11.6 Å². The van der Waals surface area contributed by atoms with Gasteiger partial charge in [0, 0.05) is 5.02 Å². The van der Waals surface area contributed by atoms with Crippen LogP contribution in [0.4, 0.5) is 0 Å². The average molecular weight is 307 g/mol. The Bertz CT molecular complexity index is 568. The summed E-state index contributed by atoms with van der Waals surface area (Å²) in [4.78, 5) is 0. The van der Waals surface area contributed by atoms with Crippen LogP contribution < -0.4 is 0 Å².